The molecule has 4 N–H and O–H groups in total. The van der Waals surface area contributed by atoms with Crippen LogP contribution in [0.5, 0.6) is 0 Å². The second-order valence-electron chi connectivity index (χ2n) is 9.00. The van der Waals surface area contributed by atoms with Crippen molar-refractivity contribution in [3.05, 3.63) is 28.8 Å². The number of benzene rings is 1. The van der Waals surface area contributed by atoms with E-state index in [1.165, 1.54) is 11.0 Å². The normalized spacial score (nSPS) is 19.1. The molecule has 3 atom stereocenters. The molecular weight excluding hydrogens is 463 g/mol. The molecule has 3 unspecified atom stereocenters. The van der Waals surface area contributed by atoms with E-state index in [2.05, 4.69) is 0 Å². The number of nitrogens with two attached hydrogens (primary N) is 1. The van der Waals surface area contributed by atoms with Crippen molar-refractivity contribution in [1.29, 1.82) is 0 Å². The molecule has 34 heavy (non-hydrogen) atoms. The van der Waals surface area contributed by atoms with Crippen molar-refractivity contribution in [3.63, 3.8) is 0 Å². The number of ether oxygens (including phenoxy) is 1. The Morgan fingerprint density at radius 1 is 1.18 bits per heavy atom. The summed E-state index contributed by atoms with van der Waals surface area (Å²) in [5, 5.41) is 19.5. The molecule has 184 valence electrons. The monoisotopic (exact) mass is 492 g/mol. The minimum absolute atomic E-state index is 0.0159. The molecule has 0 radical (unpaired) electrons. The van der Waals surface area contributed by atoms with Gasteiger partial charge in [-0.15, -0.1) is 0 Å². The SMILES string of the molecule is CCOC(=O)CC(CC(=O)C1CCN1C(=O)C(CC(=O)c1ccc(N)c(Cl)c1)C1CC1)B(O)O. The van der Waals surface area contributed by atoms with E-state index in [0.29, 0.717) is 24.2 Å². The summed E-state index contributed by atoms with van der Waals surface area (Å²) in [4.78, 5) is 52.2. The van der Waals surface area contributed by atoms with Gasteiger partial charge in [0.2, 0.25) is 5.91 Å². The fourth-order valence-corrected chi connectivity index (χ4v) is 4.46. The number of rotatable bonds is 12. The maximum absolute atomic E-state index is 13.3. The average molecular weight is 493 g/mol. The molecule has 0 spiro atoms. The number of likely N-dealkylation sites (tertiary alicyclic amines) is 1. The molecule has 1 aromatic rings. The van der Waals surface area contributed by atoms with Crippen LogP contribution in [0.2, 0.25) is 10.8 Å². The summed E-state index contributed by atoms with van der Waals surface area (Å²) >= 11 is 6.03. The number of nitrogen functional groups attached to an aromatic ring is 1. The quantitative estimate of drug-likeness (QED) is 0.173. The van der Waals surface area contributed by atoms with Gasteiger partial charge in [0.25, 0.3) is 0 Å². The Bertz CT molecular complexity index is 953. The number of ketones is 2. The van der Waals surface area contributed by atoms with Gasteiger partial charge >= 0.3 is 13.1 Å². The number of halogens is 1. The number of esters is 1. The minimum Gasteiger partial charge on any atom is -0.466 e. The third kappa shape index (κ3) is 6.37. The summed E-state index contributed by atoms with van der Waals surface area (Å²) in [6.07, 6.45) is 1.59. The van der Waals surface area contributed by atoms with Gasteiger partial charge in [0.05, 0.1) is 23.4 Å². The molecule has 0 bridgehead atoms. The molecule has 3 rings (SSSR count). The Labute approximate surface area is 203 Å². The molecule has 1 saturated heterocycles. The van der Waals surface area contributed by atoms with Gasteiger partial charge < -0.3 is 25.4 Å². The van der Waals surface area contributed by atoms with E-state index in [4.69, 9.17) is 22.1 Å². The van der Waals surface area contributed by atoms with Crippen LogP contribution in [0.4, 0.5) is 5.69 Å². The van der Waals surface area contributed by atoms with Crippen LogP contribution in [-0.2, 0) is 19.1 Å². The highest BCUT2D eigenvalue weighted by atomic mass is 35.5. The zero-order valence-corrected chi connectivity index (χ0v) is 19.9. The van der Waals surface area contributed by atoms with E-state index in [0.717, 1.165) is 12.8 Å². The van der Waals surface area contributed by atoms with Crippen LogP contribution in [0.15, 0.2) is 18.2 Å². The summed E-state index contributed by atoms with van der Waals surface area (Å²) in [6.45, 7) is 2.18. The van der Waals surface area contributed by atoms with Crippen LogP contribution in [-0.4, -0.2) is 64.7 Å². The highest BCUT2D eigenvalue weighted by Crippen LogP contribution is 2.41. The van der Waals surface area contributed by atoms with Crippen molar-refractivity contribution < 1.29 is 34.0 Å². The molecule has 1 aromatic carbocycles. The molecule has 1 heterocycles. The van der Waals surface area contributed by atoms with Gasteiger partial charge in [-0.3, -0.25) is 19.2 Å². The molecule has 11 heteroatoms. The van der Waals surface area contributed by atoms with Gasteiger partial charge in [-0.1, -0.05) is 11.6 Å². The molecule has 1 saturated carbocycles. The predicted molar refractivity (Wildman–Crippen MR) is 126 cm³/mol. The highest BCUT2D eigenvalue weighted by molar-refractivity contribution is 6.44. The number of anilines is 1. The summed E-state index contributed by atoms with van der Waals surface area (Å²) in [5.74, 6) is -2.87. The van der Waals surface area contributed by atoms with Gasteiger partial charge in [-0.2, -0.15) is 0 Å². The Balaban J connectivity index is 1.64. The summed E-state index contributed by atoms with van der Waals surface area (Å²) < 4.78 is 4.83. The average Bonchev–Trinajstić information content (AvgIpc) is 3.57. The van der Waals surface area contributed by atoms with Gasteiger partial charge in [-0.25, -0.2) is 0 Å². The Morgan fingerprint density at radius 3 is 2.41 bits per heavy atom. The lowest BCUT2D eigenvalue weighted by Gasteiger charge is -2.42. The van der Waals surface area contributed by atoms with Gasteiger partial charge in [0.15, 0.2) is 11.6 Å². The fourth-order valence-electron chi connectivity index (χ4n) is 4.28. The van der Waals surface area contributed by atoms with Crippen molar-refractivity contribution >= 4 is 47.8 Å². The first-order valence-electron chi connectivity index (χ1n) is 11.6. The van der Waals surface area contributed by atoms with Crippen LogP contribution in [0.1, 0.15) is 55.8 Å². The number of carbonyl (C=O) groups excluding carboxylic acids is 4. The van der Waals surface area contributed by atoms with Crippen LogP contribution in [0.25, 0.3) is 0 Å². The minimum atomic E-state index is -1.86. The Kier molecular flexibility index (Phi) is 8.73. The van der Waals surface area contributed by atoms with Crippen LogP contribution >= 0.6 is 11.6 Å². The van der Waals surface area contributed by atoms with Crippen molar-refractivity contribution in [2.24, 2.45) is 11.8 Å². The van der Waals surface area contributed by atoms with Gasteiger partial charge in [-0.05, 0) is 50.3 Å². The second kappa shape index (κ2) is 11.3. The largest absolute Gasteiger partial charge is 0.466 e. The van der Waals surface area contributed by atoms with Crippen molar-refractivity contribution in [2.75, 3.05) is 18.9 Å². The molecule has 9 nitrogen and oxygen atoms in total. The zero-order valence-electron chi connectivity index (χ0n) is 19.1. The first-order valence-corrected chi connectivity index (χ1v) is 11.9. The number of amides is 1. The number of carbonyl (C=O) groups is 4. The molecule has 1 aliphatic heterocycles. The maximum Gasteiger partial charge on any atom is 0.455 e. The van der Waals surface area contributed by atoms with Crippen LogP contribution < -0.4 is 5.73 Å². The molecule has 1 amide bonds. The second-order valence-corrected chi connectivity index (χ2v) is 9.40. The van der Waals surface area contributed by atoms with E-state index >= 15 is 0 Å². The first kappa shape index (κ1) is 26.2. The number of hydrogen-bond acceptors (Lipinski definition) is 8. The number of hydrogen-bond donors (Lipinski definition) is 3. The molecule has 2 aliphatic rings. The lowest BCUT2D eigenvalue weighted by atomic mass is 9.67. The van der Waals surface area contributed by atoms with Crippen LogP contribution in [0, 0.1) is 11.8 Å². The smallest absolute Gasteiger partial charge is 0.455 e. The third-order valence-corrected chi connectivity index (χ3v) is 6.86. The van der Waals surface area contributed by atoms with Crippen molar-refractivity contribution in [2.45, 2.75) is 57.3 Å². The number of Topliss-reactive ketones (excluding diaryl/α,β-unsaturated/α-hetero) is 2. The highest BCUT2D eigenvalue weighted by Gasteiger charge is 2.46. The third-order valence-electron chi connectivity index (χ3n) is 6.53. The lowest BCUT2D eigenvalue weighted by Crippen LogP contribution is -2.57. The standard InChI is InChI=1S/C23H30BClN2O7/c1-2-34-22(30)11-15(24(32)33)10-21(29)19-7-8-27(19)23(31)16(13-3-4-13)12-20(28)14-5-6-18(26)17(25)9-14/h5-6,9,13,15-16,19,32-33H,2-4,7-8,10-12,26H2,1H3. The zero-order chi connectivity index (χ0) is 25.0. The van der Waals surface area contributed by atoms with E-state index in [1.54, 1.807) is 19.1 Å². The predicted octanol–water partition coefficient (Wildman–Crippen LogP) is 1.88. The topological polar surface area (TPSA) is 147 Å². The maximum atomic E-state index is 13.3. The first-order chi connectivity index (χ1) is 16.1. The molecule has 0 aromatic heterocycles. The molecular formula is C23H30BClN2O7. The lowest BCUT2D eigenvalue weighted by molar-refractivity contribution is -0.150. The van der Waals surface area contributed by atoms with E-state index in [1.807, 2.05) is 0 Å². The van der Waals surface area contributed by atoms with E-state index in [9.17, 15) is 29.2 Å². The number of nitrogens with zero attached hydrogens (tertiary/aromatic N) is 1. The summed E-state index contributed by atoms with van der Waals surface area (Å²) in [7, 11) is -1.86. The Hall–Kier alpha value is -2.43. The van der Waals surface area contributed by atoms with Crippen LogP contribution in [0.3, 0.4) is 0 Å². The summed E-state index contributed by atoms with van der Waals surface area (Å²) in [6, 6.07) is 3.93. The molecule has 1 aliphatic carbocycles. The van der Waals surface area contributed by atoms with Gasteiger partial charge in [0, 0.05) is 43.1 Å². The van der Waals surface area contributed by atoms with Crippen molar-refractivity contribution in [3.8, 4) is 0 Å². The fraction of sp³-hybridized carbons (Fsp3) is 0.565. The van der Waals surface area contributed by atoms with Gasteiger partial charge in [0.1, 0.15) is 0 Å². The Morgan fingerprint density at radius 2 is 1.88 bits per heavy atom. The molecule has 2 fully saturated rings. The summed E-state index contributed by atoms with van der Waals surface area (Å²) in [5.41, 5.74) is 6.45. The van der Waals surface area contributed by atoms with E-state index < -0.39 is 30.9 Å². The van der Waals surface area contributed by atoms with E-state index in [-0.39, 0.29) is 54.3 Å². The van der Waals surface area contributed by atoms with Crippen molar-refractivity contribution in [1.82, 2.24) is 4.90 Å².